The van der Waals surface area contributed by atoms with Gasteiger partial charge in [-0.1, -0.05) is 0 Å². The van der Waals surface area contributed by atoms with E-state index in [9.17, 15) is 31.1 Å². The van der Waals surface area contributed by atoms with Crippen LogP contribution in [0, 0.1) is 5.95 Å². The van der Waals surface area contributed by atoms with Gasteiger partial charge in [-0.15, -0.1) is 5.10 Å². The number of nitrogens with zero attached hydrogens (tertiary/aromatic N) is 8. The zero-order valence-corrected chi connectivity index (χ0v) is 20.8. The molecule has 1 N–H and O–H groups in total. The van der Waals surface area contributed by atoms with Gasteiger partial charge in [-0.2, -0.15) is 31.4 Å². The Bertz CT molecular complexity index is 1790. The van der Waals surface area contributed by atoms with Gasteiger partial charge in [0.15, 0.2) is 11.5 Å². The Balaban J connectivity index is 1.40. The number of carbonyl (C=O) groups excluding carboxylic acids is 1. The molecule has 0 unspecified atom stereocenters. The summed E-state index contributed by atoms with van der Waals surface area (Å²) in [6.45, 7) is -1.27. The third-order valence-electron chi connectivity index (χ3n) is 6.99. The fourth-order valence-corrected chi connectivity index (χ4v) is 5.14. The molecule has 0 radical (unpaired) electrons. The van der Waals surface area contributed by atoms with Crippen molar-refractivity contribution >= 4 is 17.2 Å². The lowest BCUT2D eigenvalue weighted by molar-refractivity contribution is -0.137. The van der Waals surface area contributed by atoms with Crippen LogP contribution in [0.2, 0.25) is 0 Å². The van der Waals surface area contributed by atoms with Crippen molar-refractivity contribution in [2.75, 3.05) is 5.32 Å². The van der Waals surface area contributed by atoms with Crippen molar-refractivity contribution in [3.63, 3.8) is 0 Å². The molecular formula is C25H17F6N9O. The largest absolute Gasteiger partial charge is 0.418 e. The monoisotopic (exact) mass is 573 g/mol. The zero-order chi connectivity index (χ0) is 29.1. The van der Waals surface area contributed by atoms with Crippen molar-refractivity contribution in [3.8, 4) is 11.5 Å². The first kappa shape index (κ1) is 26.3. The summed E-state index contributed by atoms with van der Waals surface area (Å²) in [5.74, 6) is -2.84. The minimum atomic E-state index is -4.84. The SMILES string of the molecule is C[C@]1(c2cnn(C(F)F)c2)C[C@H](C(=O)Nc2cnc(-c3ncccn3)c(C(F)(F)F)c2)c2cnc3cc(F)nn3c21. The Morgan fingerprint density at radius 3 is 2.54 bits per heavy atom. The van der Waals surface area contributed by atoms with Crippen molar-refractivity contribution < 1.29 is 31.1 Å². The van der Waals surface area contributed by atoms with Gasteiger partial charge in [-0.25, -0.2) is 24.1 Å². The van der Waals surface area contributed by atoms with Gasteiger partial charge < -0.3 is 5.32 Å². The maximum atomic E-state index is 14.1. The summed E-state index contributed by atoms with van der Waals surface area (Å²) in [5.41, 5.74) is -2.07. The molecule has 210 valence electrons. The molecule has 1 amide bonds. The smallest absolute Gasteiger partial charge is 0.324 e. The Labute approximate surface area is 226 Å². The van der Waals surface area contributed by atoms with E-state index in [-0.39, 0.29) is 23.6 Å². The average Bonchev–Trinajstić information content (AvgIpc) is 3.64. The fraction of sp³-hybridized carbons (Fsp3) is 0.240. The molecule has 10 nitrogen and oxygen atoms in total. The summed E-state index contributed by atoms with van der Waals surface area (Å²) in [6, 6.07) is 3.24. The van der Waals surface area contributed by atoms with Gasteiger partial charge in [0, 0.05) is 47.4 Å². The van der Waals surface area contributed by atoms with E-state index in [0.717, 1.165) is 24.5 Å². The Morgan fingerprint density at radius 2 is 1.85 bits per heavy atom. The lowest BCUT2D eigenvalue weighted by atomic mass is 9.80. The molecule has 0 saturated carbocycles. The molecule has 1 aliphatic carbocycles. The number of hydrogen-bond acceptors (Lipinski definition) is 7. The van der Waals surface area contributed by atoms with Crippen LogP contribution in [0.25, 0.3) is 17.2 Å². The van der Waals surface area contributed by atoms with Gasteiger partial charge in [-0.05, 0) is 25.5 Å². The Kier molecular flexibility index (Phi) is 6.00. The lowest BCUT2D eigenvalue weighted by Crippen LogP contribution is -2.25. The van der Waals surface area contributed by atoms with Gasteiger partial charge in [0.05, 0.1) is 35.3 Å². The molecule has 0 spiro atoms. The fourth-order valence-electron chi connectivity index (χ4n) is 5.14. The maximum absolute atomic E-state index is 14.1. The third-order valence-corrected chi connectivity index (χ3v) is 6.99. The quantitative estimate of drug-likeness (QED) is 0.302. The molecule has 6 rings (SSSR count). The van der Waals surface area contributed by atoms with Crippen molar-refractivity contribution in [1.82, 2.24) is 39.3 Å². The lowest BCUT2D eigenvalue weighted by Gasteiger charge is -2.24. The molecule has 5 heterocycles. The number of amides is 1. The molecule has 1 aliphatic rings. The van der Waals surface area contributed by atoms with Gasteiger partial charge >= 0.3 is 12.7 Å². The van der Waals surface area contributed by atoms with E-state index in [2.05, 4.69) is 35.5 Å². The van der Waals surface area contributed by atoms with Crippen molar-refractivity contribution in [3.05, 3.63) is 83.7 Å². The number of hydrogen-bond donors (Lipinski definition) is 1. The molecule has 0 aromatic carbocycles. The first-order valence-electron chi connectivity index (χ1n) is 12.0. The molecule has 0 aliphatic heterocycles. The topological polar surface area (TPSA) is 116 Å². The number of anilines is 1. The van der Waals surface area contributed by atoms with Gasteiger partial charge in [0.25, 0.3) is 0 Å². The summed E-state index contributed by atoms with van der Waals surface area (Å²) >= 11 is 0. The highest BCUT2D eigenvalue weighted by Crippen LogP contribution is 2.50. The highest BCUT2D eigenvalue weighted by atomic mass is 19.4. The minimum Gasteiger partial charge on any atom is -0.324 e. The second kappa shape index (κ2) is 9.35. The van der Waals surface area contributed by atoms with E-state index in [4.69, 9.17) is 0 Å². The van der Waals surface area contributed by atoms with E-state index < -0.39 is 47.2 Å². The number of carbonyl (C=O) groups is 1. The third kappa shape index (κ3) is 4.44. The average molecular weight is 573 g/mol. The van der Waals surface area contributed by atoms with E-state index in [1.54, 1.807) is 6.92 Å². The van der Waals surface area contributed by atoms with Gasteiger partial charge in [0.2, 0.25) is 11.9 Å². The summed E-state index contributed by atoms with van der Waals surface area (Å²) in [7, 11) is 0. The normalized spacial score (nSPS) is 18.7. The Morgan fingerprint density at radius 1 is 1.10 bits per heavy atom. The second-order valence-electron chi connectivity index (χ2n) is 9.55. The van der Waals surface area contributed by atoms with E-state index >= 15 is 0 Å². The molecule has 0 fully saturated rings. The van der Waals surface area contributed by atoms with Crippen LogP contribution in [0.3, 0.4) is 0 Å². The second-order valence-corrected chi connectivity index (χ2v) is 9.55. The molecule has 5 aromatic heterocycles. The van der Waals surface area contributed by atoms with Crippen LogP contribution in [0.1, 0.15) is 48.2 Å². The van der Waals surface area contributed by atoms with Crippen LogP contribution < -0.4 is 5.32 Å². The number of nitrogens with one attached hydrogen (secondary N) is 1. The van der Waals surface area contributed by atoms with Crippen LogP contribution in [-0.2, 0) is 16.4 Å². The van der Waals surface area contributed by atoms with Crippen molar-refractivity contribution in [1.29, 1.82) is 0 Å². The van der Waals surface area contributed by atoms with Crippen LogP contribution in [0.15, 0.2) is 55.4 Å². The molecule has 16 heteroatoms. The minimum absolute atomic E-state index is 0.0269. The van der Waals surface area contributed by atoms with Crippen LogP contribution in [0.4, 0.5) is 32.0 Å². The van der Waals surface area contributed by atoms with Gasteiger partial charge in [-0.3, -0.25) is 9.78 Å². The highest BCUT2D eigenvalue weighted by molar-refractivity contribution is 5.97. The predicted molar refractivity (Wildman–Crippen MR) is 129 cm³/mol. The number of pyridine rings is 1. The van der Waals surface area contributed by atoms with E-state index in [1.165, 1.54) is 35.4 Å². The summed E-state index contributed by atoms with van der Waals surface area (Å²) in [6.07, 6.45) is 2.40. The number of fused-ring (bicyclic) bond motifs is 3. The predicted octanol–water partition coefficient (Wildman–Crippen LogP) is 4.76. The van der Waals surface area contributed by atoms with Crippen molar-refractivity contribution in [2.24, 2.45) is 0 Å². The van der Waals surface area contributed by atoms with E-state index in [0.29, 0.717) is 21.5 Å². The standard InChI is InChI=1S/C25H17F6N9O/c1-24(12-8-36-39(11-12)23(27)28)7-14(15-10-34-18-6-17(26)38-40(18)20(15)24)22(41)37-13-5-16(25(29,30)31)19(35-9-13)21-32-3-2-4-33-21/h2-6,8-11,14,23H,7H2,1H3,(H,37,41)/t14-,24+/m0/s1. The molecular weight excluding hydrogens is 556 g/mol. The van der Waals surface area contributed by atoms with Crippen molar-refractivity contribution in [2.45, 2.75) is 37.4 Å². The van der Waals surface area contributed by atoms with Gasteiger partial charge in [0.1, 0.15) is 5.69 Å². The molecule has 41 heavy (non-hydrogen) atoms. The summed E-state index contributed by atoms with van der Waals surface area (Å²) in [4.78, 5) is 29.2. The zero-order valence-electron chi connectivity index (χ0n) is 20.8. The molecule has 0 saturated heterocycles. The highest BCUT2D eigenvalue weighted by Gasteiger charge is 2.48. The van der Waals surface area contributed by atoms with Crippen LogP contribution in [-0.4, -0.2) is 45.2 Å². The van der Waals surface area contributed by atoms with Crippen LogP contribution in [0.5, 0.6) is 0 Å². The summed E-state index contributed by atoms with van der Waals surface area (Å²) in [5, 5.41) is 9.99. The number of alkyl halides is 5. The first-order chi connectivity index (χ1) is 19.5. The number of halogens is 6. The Hall–Kier alpha value is -4.89. The van der Waals surface area contributed by atoms with E-state index in [1.807, 2.05) is 0 Å². The number of rotatable bonds is 5. The molecule has 5 aromatic rings. The maximum Gasteiger partial charge on any atom is 0.418 e. The molecule has 0 bridgehead atoms. The summed E-state index contributed by atoms with van der Waals surface area (Å²) < 4.78 is 84.2. The number of aromatic nitrogens is 8. The first-order valence-corrected chi connectivity index (χ1v) is 12.0. The van der Waals surface area contributed by atoms with Crippen LogP contribution >= 0.6 is 0 Å². The molecule has 2 atom stereocenters.